The molecule has 1 fully saturated rings. The van der Waals surface area contributed by atoms with E-state index in [9.17, 15) is 0 Å². The van der Waals surface area contributed by atoms with E-state index in [-0.39, 0.29) is 24.0 Å². The zero-order chi connectivity index (χ0) is 13.1. The van der Waals surface area contributed by atoms with Crippen molar-refractivity contribution >= 4 is 29.9 Å². The molecule has 0 atom stereocenters. The third-order valence-electron chi connectivity index (χ3n) is 2.72. The summed E-state index contributed by atoms with van der Waals surface area (Å²) in [6, 6.07) is 0. The number of hydrogen-bond acceptors (Lipinski definition) is 4. The largest absolute Gasteiger partial charge is 0.383 e. The average molecular weight is 387 g/mol. The number of nitrogens with one attached hydrogen (secondary N) is 1. The van der Waals surface area contributed by atoms with Crippen molar-refractivity contribution in [1.82, 2.24) is 5.32 Å². The van der Waals surface area contributed by atoms with Crippen LogP contribution in [0.3, 0.4) is 0 Å². The molecule has 0 bridgehead atoms. The van der Waals surface area contributed by atoms with Gasteiger partial charge >= 0.3 is 0 Å². The molecule has 0 aromatic heterocycles. The van der Waals surface area contributed by atoms with Crippen molar-refractivity contribution < 1.29 is 14.2 Å². The van der Waals surface area contributed by atoms with Crippen LogP contribution in [-0.2, 0) is 14.2 Å². The van der Waals surface area contributed by atoms with Gasteiger partial charge in [0.25, 0.3) is 0 Å². The summed E-state index contributed by atoms with van der Waals surface area (Å²) in [4.78, 5) is 4.20. The van der Waals surface area contributed by atoms with Crippen molar-refractivity contribution in [3.05, 3.63) is 0 Å². The molecule has 7 heteroatoms. The summed E-state index contributed by atoms with van der Waals surface area (Å²) in [5.74, 6) is 0.470. The fourth-order valence-electron chi connectivity index (χ4n) is 1.69. The van der Waals surface area contributed by atoms with Gasteiger partial charge in [-0.2, -0.15) is 0 Å². The molecule has 3 N–H and O–H groups in total. The average Bonchev–Trinajstić information content (AvgIpc) is 2.40. The normalized spacial score (nSPS) is 17.0. The summed E-state index contributed by atoms with van der Waals surface area (Å²) < 4.78 is 15.9. The van der Waals surface area contributed by atoms with Gasteiger partial charge < -0.3 is 25.3 Å². The molecular formula is C12H26IN3O3. The first-order valence-electron chi connectivity index (χ1n) is 6.55. The monoisotopic (exact) mass is 387 g/mol. The molecule has 6 nitrogen and oxygen atoms in total. The van der Waals surface area contributed by atoms with Gasteiger partial charge in [0.15, 0.2) is 5.96 Å². The van der Waals surface area contributed by atoms with E-state index < -0.39 is 0 Å². The number of aliphatic imine (C=N–C) groups is 1. The van der Waals surface area contributed by atoms with Crippen LogP contribution < -0.4 is 11.1 Å². The molecule has 1 saturated heterocycles. The SMILES string of the molecule is COCCNC(N)=NCCCOC1CCOCC1.I. The maximum absolute atomic E-state index is 5.73. The molecule has 1 rings (SSSR count). The number of guanidine groups is 1. The highest BCUT2D eigenvalue weighted by Gasteiger charge is 2.13. The molecule has 114 valence electrons. The lowest BCUT2D eigenvalue weighted by Gasteiger charge is -2.22. The second kappa shape index (κ2) is 12.9. The van der Waals surface area contributed by atoms with Gasteiger partial charge in [-0.1, -0.05) is 0 Å². The summed E-state index contributed by atoms with van der Waals surface area (Å²) >= 11 is 0. The van der Waals surface area contributed by atoms with E-state index in [4.69, 9.17) is 19.9 Å². The number of rotatable bonds is 8. The zero-order valence-electron chi connectivity index (χ0n) is 11.6. The first-order chi connectivity index (χ1) is 8.83. The Bertz CT molecular complexity index is 236. The first kappa shape index (κ1) is 18.9. The van der Waals surface area contributed by atoms with Crippen molar-refractivity contribution in [3.63, 3.8) is 0 Å². The Kier molecular flexibility index (Phi) is 12.8. The molecule has 1 aliphatic rings. The molecule has 0 aliphatic carbocycles. The Morgan fingerprint density at radius 2 is 2.11 bits per heavy atom. The number of methoxy groups -OCH3 is 1. The van der Waals surface area contributed by atoms with Crippen LogP contribution in [-0.4, -0.2) is 58.7 Å². The molecule has 0 aromatic rings. The third kappa shape index (κ3) is 10.3. The lowest BCUT2D eigenvalue weighted by atomic mass is 10.1. The topological polar surface area (TPSA) is 78.1 Å². The van der Waals surface area contributed by atoms with E-state index in [0.29, 0.717) is 31.8 Å². The number of ether oxygens (including phenoxy) is 3. The molecule has 0 saturated carbocycles. The van der Waals surface area contributed by atoms with Crippen molar-refractivity contribution in [3.8, 4) is 0 Å². The van der Waals surface area contributed by atoms with E-state index in [1.807, 2.05) is 0 Å². The number of hydrogen-bond donors (Lipinski definition) is 2. The van der Waals surface area contributed by atoms with E-state index in [1.165, 1.54) is 0 Å². The summed E-state index contributed by atoms with van der Waals surface area (Å²) in [7, 11) is 1.66. The molecule has 0 spiro atoms. The molecular weight excluding hydrogens is 361 g/mol. The summed E-state index contributed by atoms with van der Waals surface area (Å²) in [6.45, 7) is 4.38. The van der Waals surface area contributed by atoms with Gasteiger partial charge in [0.2, 0.25) is 0 Å². The van der Waals surface area contributed by atoms with Crippen LogP contribution in [0.15, 0.2) is 4.99 Å². The minimum atomic E-state index is 0. The molecule has 0 amide bonds. The van der Waals surface area contributed by atoms with Gasteiger partial charge in [-0.3, -0.25) is 4.99 Å². The maximum Gasteiger partial charge on any atom is 0.188 e. The summed E-state index contributed by atoms with van der Waals surface area (Å²) in [6.07, 6.45) is 3.26. The van der Waals surface area contributed by atoms with Gasteiger partial charge in [-0.15, -0.1) is 24.0 Å². The molecule has 0 unspecified atom stereocenters. The van der Waals surface area contributed by atoms with Gasteiger partial charge in [0.1, 0.15) is 0 Å². The first-order valence-corrected chi connectivity index (χ1v) is 6.55. The highest BCUT2D eigenvalue weighted by Crippen LogP contribution is 2.10. The molecule has 0 radical (unpaired) electrons. The quantitative estimate of drug-likeness (QED) is 0.278. The van der Waals surface area contributed by atoms with Crippen LogP contribution in [0.1, 0.15) is 19.3 Å². The predicted molar refractivity (Wildman–Crippen MR) is 86.2 cm³/mol. The van der Waals surface area contributed by atoms with Gasteiger partial charge in [-0.05, 0) is 19.3 Å². The van der Waals surface area contributed by atoms with Crippen molar-refractivity contribution in [2.45, 2.75) is 25.4 Å². The van der Waals surface area contributed by atoms with E-state index >= 15 is 0 Å². The fraction of sp³-hybridized carbons (Fsp3) is 0.917. The van der Waals surface area contributed by atoms with Crippen LogP contribution >= 0.6 is 24.0 Å². The number of nitrogens with two attached hydrogens (primary N) is 1. The Labute approximate surface area is 132 Å². The molecule has 19 heavy (non-hydrogen) atoms. The van der Waals surface area contributed by atoms with Gasteiger partial charge in [0, 0.05) is 40.0 Å². The lowest BCUT2D eigenvalue weighted by Crippen LogP contribution is -2.34. The van der Waals surface area contributed by atoms with Crippen molar-refractivity contribution in [2.75, 3.05) is 46.6 Å². The summed E-state index contributed by atoms with van der Waals surface area (Å²) in [5, 5.41) is 2.97. The van der Waals surface area contributed by atoms with Crippen LogP contribution in [0, 0.1) is 0 Å². The molecule has 1 heterocycles. The Hall–Kier alpha value is -0.120. The molecule has 1 aliphatic heterocycles. The minimum Gasteiger partial charge on any atom is -0.383 e. The van der Waals surface area contributed by atoms with Crippen molar-refractivity contribution in [2.24, 2.45) is 10.7 Å². The van der Waals surface area contributed by atoms with Crippen LogP contribution in [0.2, 0.25) is 0 Å². The summed E-state index contributed by atoms with van der Waals surface area (Å²) in [5.41, 5.74) is 5.67. The number of nitrogens with zero attached hydrogens (tertiary/aromatic N) is 1. The van der Waals surface area contributed by atoms with Crippen molar-refractivity contribution in [1.29, 1.82) is 0 Å². The predicted octanol–water partition coefficient (Wildman–Crippen LogP) is 0.741. The second-order valence-corrected chi connectivity index (χ2v) is 4.22. The Morgan fingerprint density at radius 1 is 1.37 bits per heavy atom. The zero-order valence-corrected chi connectivity index (χ0v) is 13.9. The highest BCUT2D eigenvalue weighted by atomic mass is 127. The third-order valence-corrected chi connectivity index (χ3v) is 2.72. The molecule has 0 aromatic carbocycles. The van der Waals surface area contributed by atoms with Crippen LogP contribution in [0.25, 0.3) is 0 Å². The maximum atomic E-state index is 5.73. The Morgan fingerprint density at radius 3 is 2.79 bits per heavy atom. The fourth-order valence-corrected chi connectivity index (χ4v) is 1.69. The van der Waals surface area contributed by atoms with Crippen LogP contribution in [0.4, 0.5) is 0 Å². The van der Waals surface area contributed by atoms with Crippen LogP contribution in [0.5, 0.6) is 0 Å². The Balaban J connectivity index is 0.00000324. The van der Waals surface area contributed by atoms with Gasteiger partial charge in [0.05, 0.1) is 12.7 Å². The van der Waals surface area contributed by atoms with E-state index in [1.54, 1.807) is 7.11 Å². The second-order valence-electron chi connectivity index (χ2n) is 4.22. The number of halogens is 1. The van der Waals surface area contributed by atoms with E-state index in [0.717, 1.165) is 39.1 Å². The highest BCUT2D eigenvalue weighted by molar-refractivity contribution is 14.0. The van der Waals surface area contributed by atoms with E-state index in [2.05, 4.69) is 10.3 Å². The smallest absolute Gasteiger partial charge is 0.188 e. The minimum absolute atomic E-state index is 0. The standard InChI is InChI=1S/C12H25N3O3.HI/c1-16-10-6-15-12(13)14-5-2-7-18-11-3-8-17-9-4-11;/h11H,2-10H2,1H3,(H3,13,14,15);1H. The van der Waals surface area contributed by atoms with Gasteiger partial charge in [-0.25, -0.2) is 0 Å². The lowest BCUT2D eigenvalue weighted by molar-refractivity contribution is -0.0318.